The fraction of sp³-hybridized carbons (Fsp3) is 0.333. The van der Waals surface area contributed by atoms with Gasteiger partial charge in [0.1, 0.15) is 17.1 Å². The number of aromatic hydroxyl groups is 1. The summed E-state index contributed by atoms with van der Waals surface area (Å²) in [5, 5.41) is 10.3. The summed E-state index contributed by atoms with van der Waals surface area (Å²) in [6.45, 7) is 0.964. The van der Waals surface area contributed by atoms with Crippen molar-refractivity contribution in [1.29, 1.82) is 0 Å². The van der Waals surface area contributed by atoms with Crippen molar-refractivity contribution in [1.82, 2.24) is 4.90 Å². The molecule has 1 aromatic carbocycles. The first-order chi connectivity index (χ1) is 7.15. The molecule has 15 heavy (non-hydrogen) atoms. The van der Waals surface area contributed by atoms with Crippen molar-refractivity contribution < 1.29 is 9.52 Å². The highest BCUT2D eigenvalue weighted by Crippen LogP contribution is 2.23. The van der Waals surface area contributed by atoms with Crippen LogP contribution < -0.4 is 0 Å². The fourth-order valence-electron chi connectivity index (χ4n) is 1.54. The molecule has 0 saturated carbocycles. The van der Waals surface area contributed by atoms with E-state index in [1.54, 1.807) is 18.2 Å². The largest absolute Gasteiger partial charge is 0.508 e. The highest BCUT2D eigenvalue weighted by Gasteiger charge is 2.04. The molecule has 2 rings (SSSR count). The molecular weight excluding hydrogens is 190 g/mol. The molecule has 1 N–H and O–H groups in total. The highest BCUT2D eigenvalue weighted by molar-refractivity contribution is 5.79. The van der Waals surface area contributed by atoms with E-state index in [1.807, 2.05) is 20.2 Å². The predicted octanol–water partition coefficient (Wildman–Crippen LogP) is 2.24. The van der Waals surface area contributed by atoms with Crippen LogP contribution in [0.2, 0.25) is 0 Å². The van der Waals surface area contributed by atoms with Gasteiger partial charge >= 0.3 is 0 Å². The monoisotopic (exact) mass is 205 g/mol. The Hall–Kier alpha value is -1.48. The molecule has 3 nitrogen and oxygen atoms in total. The summed E-state index contributed by atoms with van der Waals surface area (Å²) >= 11 is 0. The number of nitrogens with zero attached hydrogens (tertiary/aromatic N) is 1. The van der Waals surface area contributed by atoms with Gasteiger partial charge in [-0.2, -0.15) is 0 Å². The molecule has 0 aliphatic rings. The van der Waals surface area contributed by atoms with Crippen LogP contribution >= 0.6 is 0 Å². The van der Waals surface area contributed by atoms with Gasteiger partial charge < -0.3 is 14.4 Å². The van der Waals surface area contributed by atoms with Gasteiger partial charge in [0, 0.05) is 18.4 Å². The Kier molecular flexibility index (Phi) is 2.64. The number of fused-ring (bicyclic) bond motifs is 1. The van der Waals surface area contributed by atoms with Gasteiger partial charge in [-0.05, 0) is 38.4 Å². The molecule has 0 radical (unpaired) electrons. The maximum atomic E-state index is 9.31. The topological polar surface area (TPSA) is 36.6 Å². The first-order valence-corrected chi connectivity index (χ1v) is 5.01. The molecule has 1 aromatic heterocycles. The van der Waals surface area contributed by atoms with Gasteiger partial charge in [0.25, 0.3) is 0 Å². The molecule has 0 aliphatic carbocycles. The number of phenolic OH excluding ortho intramolecular Hbond substituents is 1. The van der Waals surface area contributed by atoms with E-state index in [1.165, 1.54) is 0 Å². The molecule has 0 amide bonds. The number of benzene rings is 1. The third-order valence-electron chi connectivity index (χ3n) is 2.36. The predicted molar refractivity (Wildman–Crippen MR) is 60.1 cm³/mol. The minimum absolute atomic E-state index is 0.280. The molecule has 2 aromatic rings. The van der Waals surface area contributed by atoms with Crippen molar-refractivity contribution in [3.8, 4) is 5.75 Å². The average Bonchev–Trinajstić information content (AvgIpc) is 2.56. The highest BCUT2D eigenvalue weighted by atomic mass is 16.3. The first-order valence-electron chi connectivity index (χ1n) is 5.01. The molecule has 0 aliphatic heterocycles. The van der Waals surface area contributed by atoms with E-state index >= 15 is 0 Å². The van der Waals surface area contributed by atoms with E-state index in [0.29, 0.717) is 0 Å². The lowest BCUT2D eigenvalue weighted by Gasteiger charge is -2.06. The van der Waals surface area contributed by atoms with E-state index in [-0.39, 0.29) is 5.75 Å². The average molecular weight is 205 g/mol. The SMILES string of the molecule is CN(C)CCc1cc2cc(O)ccc2o1. The smallest absolute Gasteiger partial charge is 0.134 e. The van der Waals surface area contributed by atoms with Crippen molar-refractivity contribution in [3.05, 3.63) is 30.0 Å². The van der Waals surface area contributed by atoms with Crippen LogP contribution in [0.1, 0.15) is 5.76 Å². The Balaban J connectivity index is 2.23. The first kappa shape index (κ1) is 10.1. The second-order valence-corrected chi connectivity index (χ2v) is 3.99. The maximum absolute atomic E-state index is 9.31. The summed E-state index contributed by atoms with van der Waals surface area (Å²) in [7, 11) is 4.07. The molecule has 0 spiro atoms. The van der Waals surface area contributed by atoms with Crippen LogP contribution in [0.5, 0.6) is 5.75 Å². The molecule has 3 heteroatoms. The zero-order valence-corrected chi connectivity index (χ0v) is 9.03. The number of hydrogen-bond donors (Lipinski definition) is 1. The minimum Gasteiger partial charge on any atom is -0.508 e. The van der Waals surface area contributed by atoms with Crippen LogP contribution in [-0.2, 0) is 6.42 Å². The maximum Gasteiger partial charge on any atom is 0.134 e. The van der Waals surface area contributed by atoms with Gasteiger partial charge in [-0.25, -0.2) is 0 Å². The van der Waals surface area contributed by atoms with Crippen molar-refractivity contribution in [2.75, 3.05) is 20.6 Å². The van der Waals surface area contributed by atoms with Crippen LogP contribution in [0.3, 0.4) is 0 Å². The zero-order valence-electron chi connectivity index (χ0n) is 9.03. The number of hydrogen-bond acceptors (Lipinski definition) is 3. The lowest BCUT2D eigenvalue weighted by Crippen LogP contribution is -2.14. The molecule has 80 valence electrons. The summed E-state index contributed by atoms with van der Waals surface area (Å²) < 4.78 is 5.64. The Bertz CT molecular complexity index is 460. The van der Waals surface area contributed by atoms with E-state index < -0.39 is 0 Å². The summed E-state index contributed by atoms with van der Waals surface area (Å²) in [6, 6.07) is 7.14. The zero-order chi connectivity index (χ0) is 10.8. The van der Waals surface area contributed by atoms with Gasteiger partial charge in [-0.3, -0.25) is 0 Å². The van der Waals surface area contributed by atoms with E-state index in [0.717, 1.165) is 29.7 Å². The number of furan rings is 1. The lowest BCUT2D eigenvalue weighted by atomic mass is 10.2. The number of rotatable bonds is 3. The molecular formula is C12H15NO2. The third kappa shape index (κ3) is 2.30. The normalized spacial score (nSPS) is 11.4. The van der Waals surface area contributed by atoms with Crippen molar-refractivity contribution in [2.45, 2.75) is 6.42 Å². The van der Waals surface area contributed by atoms with Crippen LogP contribution in [-0.4, -0.2) is 30.6 Å². The Labute approximate surface area is 88.9 Å². The van der Waals surface area contributed by atoms with Gasteiger partial charge in [-0.15, -0.1) is 0 Å². The summed E-state index contributed by atoms with van der Waals surface area (Å²) in [6.07, 6.45) is 0.891. The van der Waals surface area contributed by atoms with Crippen molar-refractivity contribution in [2.24, 2.45) is 0 Å². The van der Waals surface area contributed by atoms with Gasteiger partial charge in [0.15, 0.2) is 0 Å². The quantitative estimate of drug-likeness (QED) is 0.834. The summed E-state index contributed by atoms with van der Waals surface area (Å²) in [4.78, 5) is 2.12. The van der Waals surface area contributed by atoms with Crippen LogP contribution in [0.15, 0.2) is 28.7 Å². The third-order valence-corrected chi connectivity index (χ3v) is 2.36. The molecule has 1 heterocycles. The lowest BCUT2D eigenvalue weighted by molar-refractivity contribution is 0.395. The van der Waals surface area contributed by atoms with E-state index in [2.05, 4.69) is 4.90 Å². The van der Waals surface area contributed by atoms with E-state index in [4.69, 9.17) is 4.42 Å². The Morgan fingerprint density at radius 3 is 2.80 bits per heavy atom. The molecule has 0 fully saturated rings. The minimum atomic E-state index is 0.280. The standard InChI is InChI=1S/C12H15NO2/c1-13(2)6-5-11-8-9-7-10(14)3-4-12(9)15-11/h3-4,7-8,14H,5-6H2,1-2H3. The fourth-order valence-corrected chi connectivity index (χ4v) is 1.54. The second kappa shape index (κ2) is 3.95. The molecule has 0 unspecified atom stereocenters. The van der Waals surface area contributed by atoms with Gasteiger partial charge in [0.2, 0.25) is 0 Å². The second-order valence-electron chi connectivity index (χ2n) is 3.99. The number of likely N-dealkylation sites (N-methyl/N-ethyl adjacent to an activating group) is 1. The Morgan fingerprint density at radius 2 is 2.07 bits per heavy atom. The number of phenols is 1. The molecule has 0 atom stereocenters. The van der Waals surface area contributed by atoms with Crippen LogP contribution in [0.4, 0.5) is 0 Å². The van der Waals surface area contributed by atoms with Gasteiger partial charge in [0.05, 0.1) is 0 Å². The van der Waals surface area contributed by atoms with Crippen molar-refractivity contribution in [3.63, 3.8) is 0 Å². The molecule has 0 bridgehead atoms. The summed E-state index contributed by atoms with van der Waals surface area (Å²) in [5.41, 5.74) is 0.835. The van der Waals surface area contributed by atoms with Gasteiger partial charge in [-0.1, -0.05) is 0 Å². The van der Waals surface area contributed by atoms with Crippen LogP contribution in [0, 0.1) is 0 Å². The summed E-state index contributed by atoms with van der Waals surface area (Å²) in [5.74, 6) is 1.24. The van der Waals surface area contributed by atoms with E-state index in [9.17, 15) is 5.11 Å². The van der Waals surface area contributed by atoms with Crippen molar-refractivity contribution >= 4 is 11.0 Å². The van der Waals surface area contributed by atoms with Crippen LogP contribution in [0.25, 0.3) is 11.0 Å². The Morgan fingerprint density at radius 1 is 1.27 bits per heavy atom. The molecule has 0 saturated heterocycles.